The van der Waals surface area contributed by atoms with Crippen LogP contribution in [0.2, 0.25) is 0 Å². The van der Waals surface area contributed by atoms with E-state index >= 15 is 0 Å². The van der Waals surface area contributed by atoms with Crippen molar-refractivity contribution in [3.63, 3.8) is 0 Å². The van der Waals surface area contributed by atoms with Gasteiger partial charge in [0.05, 0.1) is 10.9 Å². The highest BCUT2D eigenvalue weighted by molar-refractivity contribution is 5.85. The number of aryl methyl sites for hydroxylation is 2. The molecule has 2 aromatic rings. The fraction of sp³-hybridized carbons (Fsp3) is 0.200. The normalized spacial score (nSPS) is 9.86. The molecule has 0 saturated heterocycles. The first-order chi connectivity index (χ1) is 6.20. The van der Waals surface area contributed by atoms with Gasteiger partial charge in [-0.1, -0.05) is 12.1 Å². The molecule has 2 rings (SSSR count). The Bertz CT molecular complexity index is 519. The van der Waals surface area contributed by atoms with Crippen molar-refractivity contribution in [3.8, 4) is 0 Å². The molecule has 0 aliphatic carbocycles. The van der Waals surface area contributed by atoms with Gasteiger partial charge in [0.15, 0.2) is 0 Å². The molecule has 0 N–H and O–H groups in total. The highest BCUT2D eigenvalue weighted by Gasteiger charge is 2.02. The van der Waals surface area contributed by atoms with E-state index in [1.54, 1.807) is 6.07 Å². The lowest BCUT2D eigenvalue weighted by atomic mass is 10.2. The zero-order valence-corrected chi connectivity index (χ0v) is 8.84. The van der Waals surface area contributed by atoms with Gasteiger partial charge in [0.25, 0.3) is 5.56 Å². The van der Waals surface area contributed by atoms with Crippen molar-refractivity contribution in [2.75, 3.05) is 0 Å². The van der Waals surface area contributed by atoms with Gasteiger partial charge in [-0.3, -0.25) is 4.79 Å². The SMILES string of the molecule is Cc1nc(=O)c2ccccc2n1C.Cl. The molecular weight excluding hydrogens is 200 g/mol. The van der Waals surface area contributed by atoms with E-state index in [9.17, 15) is 4.79 Å². The maximum absolute atomic E-state index is 11.4. The molecule has 1 heterocycles. The molecule has 4 heteroatoms. The number of hydrogen-bond donors (Lipinski definition) is 0. The molecule has 74 valence electrons. The molecule has 0 amide bonds. The van der Waals surface area contributed by atoms with Crippen LogP contribution in [-0.4, -0.2) is 9.55 Å². The van der Waals surface area contributed by atoms with Crippen molar-refractivity contribution < 1.29 is 0 Å². The Morgan fingerprint density at radius 1 is 1.29 bits per heavy atom. The van der Waals surface area contributed by atoms with Gasteiger partial charge in [-0.25, -0.2) is 0 Å². The molecule has 0 aliphatic rings. The summed E-state index contributed by atoms with van der Waals surface area (Å²) in [4.78, 5) is 15.3. The molecule has 0 aliphatic heterocycles. The summed E-state index contributed by atoms with van der Waals surface area (Å²) in [5.41, 5.74) is 0.784. The number of hydrogen-bond acceptors (Lipinski definition) is 2. The Balaban J connectivity index is 0.000000980. The van der Waals surface area contributed by atoms with Crippen molar-refractivity contribution >= 4 is 23.3 Å². The monoisotopic (exact) mass is 210 g/mol. The number of aromatic nitrogens is 2. The average Bonchev–Trinajstić information content (AvgIpc) is 2.15. The predicted molar refractivity (Wildman–Crippen MR) is 59.0 cm³/mol. The summed E-state index contributed by atoms with van der Waals surface area (Å²) in [6, 6.07) is 7.48. The number of fused-ring (bicyclic) bond motifs is 1. The van der Waals surface area contributed by atoms with Crippen molar-refractivity contribution in [1.29, 1.82) is 0 Å². The minimum atomic E-state index is -0.147. The van der Waals surface area contributed by atoms with Crippen LogP contribution in [0.4, 0.5) is 0 Å². The van der Waals surface area contributed by atoms with E-state index in [0.29, 0.717) is 5.39 Å². The third-order valence-electron chi connectivity index (χ3n) is 2.24. The van der Waals surface area contributed by atoms with Crippen molar-refractivity contribution in [2.45, 2.75) is 6.92 Å². The molecular formula is C10H11ClN2O. The second-order valence-corrected chi connectivity index (χ2v) is 3.04. The summed E-state index contributed by atoms with van der Waals surface area (Å²) in [7, 11) is 1.91. The highest BCUT2D eigenvalue weighted by atomic mass is 35.5. The first kappa shape index (κ1) is 10.7. The summed E-state index contributed by atoms with van der Waals surface area (Å²) in [6.45, 7) is 1.83. The third-order valence-corrected chi connectivity index (χ3v) is 2.24. The fourth-order valence-electron chi connectivity index (χ4n) is 1.40. The van der Waals surface area contributed by atoms with E-state index in [4.69, 9.17) is 0 Å². The van der Waals surface area contributed by atoms with Gasteiger partial charge in [-0.15, -0.1) is 12.4 Å². The first-order valence-electron chi connectivity index (χ1n) is 4.12. The summed E-state index contributed by atoms with van der Waals surface area (Å²) >= 11 is 0. The Morgan fingerprint density at radius 3 is 2.64 bits per heavy atom. The Kier molecular flexibility index (Phi) is 2.91. The minimum Gasteiger partial charge on any atom is -0.332 e. The third kappa shape index (κ3) is 1.51. The smallest absolute Gasteiger partial charge is 0.280 e. The van der Waals surface area contributed by atoms with Gasteiger partial charge in [-0.05, 0) is 19.1 Å². The molecule has 0 saturated carbocycles. The topological polar surface area (TPSA) is 34.9 Å². The summed E-state index contributed by atoms with van der Waals surface area (Å²) in [5.74, 6) is 0.740. The lowest BCUT2D eigenvalue weighted by Gasteiger charge is -2.06. The van der Waals surface area contributed by atoms with E-state index < -0.39 is 0 Å². The van der Waals surface area contributed by atoms with E-state index in [-0.39, 0.29) is 18.0 Å². The van der Waals surface area contributed by atoms with Gasteiger partial charge in [0.2, 0.25) is 0 Å². The van der Waals surface area contributed by atoms with E-state index in [2.05, 4.69) is 4.98 Å². The van der Waals surface area contributed by atoms with Crippen LogP contribution in [0, 0.1) is 6.92 Å². The second-order valence-electron chi connectivity index (χ2n) is 3.04. The van der Waals surface area contributed by atoms with E-state index in [0.717, 1.165) is 11.3 Å². The molecule has 0 bridgehead atoms. The molecule has 1 aromatic heterocycles. The molecule has 0 unspecified atom stereocenters. The second kappa shape index (κ2) is 3.80. The lowest BCUT2D eigenvalue weighted by molar-refractivity contribution is 0.839. The van der Waals surface area contributed by atoms with E-state index in [1.165, 1.54) is 0 Å². The number of benzene rings is 1. The van der Waals surface area contributed by atoms with Crippen LogP contribution in [0.25, 0.3) is 10.9 Å². The maximum Gasteiger partial charge on any atom is 0.280 e. The van der Waals surface area contributed by atoms with Gasteiger partial charge in [0, 0.05) is 7.05 Å². The van der Waals surface area contributed by atoms with Crippen LogP contribution in [0.1, 0.15) is 5.82 Å². The van der Waals surface area contributed by atoms with Gasteiger partial charge < -0.3 is 4.57 Å². The van der Waals surface area contributed by atoms with Crippen LogP contribution in [0.15, 0.2) is 29.1 Å². The standard InChI is InChI=1S/C10H10N2O.ClH/c1-7-11-10(13)8-5-3-4-6-9(8)12(7)2;/h3-6H,1-2H3;1H. The maximum atomic E-state index is 11.4. The Morgan fingerprint density at radius 2 is 1.93 bits per heavy atom. The fourth-order valence-corrected chi connectivity index (χ4v) is 1.40. The Hall–Kier alpha value is -1.35. The molecule has 3 nitrogen and oxygen atoms in total. The van der Waals surface area contributed by atoms with Gasteiger partial charge >= 0.3 is 0 Å². The predicted octanol–water partition coefficient (Wildman–Crippen LogP) is 1.66. The zero-order chi connectivity index (χ0) is 9.42. The van der Waals surface area contributed by atoms with Crippen LogP contribution < -0.4 is 5.56 Å². The van der Waals surface area contributed by atoms with Crippen molar-refractivity contribution in [1.82, 2.24) is 9.55 Å². The number of halogens is 1. The average molecular weight is 211 g/mol. The summed E-state index contributed by atoms with van der Waals surface area (Å²) < 4.78 is 1.91. The molecule has 0 atom stereocenters. The summed E-state index contributed by atoms with van der Waals surface area (Å²) in [6.07, 6.45) is 0. The number of rotatable bonds is 0. The summed E-state index contributed by atoms with van der Waals surface area (Å²) in [5, 5.41) is 0.676. The first-order valence-corrected chi connectivity index (χ1v) is 4.12. The minimum absolute atomic E-state index is 0. The van der Waals surface area contributed by atoms with Gasteiger partial charge in [-0.2, -0.15) is 4.98 Å². The lowest BCUT2D eigenvalue weighted by Crippen LogP contribution is -2.14. The quantitative estimate of drug-likeness (QED) is 0.663. The van der Waals surface area contributed by atoms with Gasteiger partial charge in [0.1, 0.15) is 5.82 Å². The van der Waals surface area contributed by atoms with Crippen LogP contribution >= 0.6 is 12.4 Å². The molecule has 1 aromatic carbocycles. The zero-order valence-electron chi connectivity index (χ0n) is 8.02. The highest BCUT2D eigenvalue weighted by Crippen LogP contribution is 2.08. The van der Waals surface area contributed by atoms with E-state index in [1.807, 2.05) is 36.7 Å². The Labute approximate surface area is 87.8 Å². The molecule has 0 radical (unpaired) electrons. The van der Waals surface area contributed by atoms with Crippen molar-refractivity contribution in [2.24, 2.45) is 7.05 Å². The van der Waals surface area contributed by atoms with Crippen LogP contribution in [0.3, 0.4) is 0 Å². The molecule has 0 spiro atoms. The largest absolute Gasteiger partial charge is 0.332 e. The van der Waals surface area contributed by atoms with Crippen LogP contribution in [0.5, 0.6) is 0 Å². The van der Waals surface area contributed by atoms with Crippen LogP contribution in [-0.2, 0) is 7.05 Å². The van der Waals surface area contributed by atoms with Crippen molar-refractivity contribution in [3.05, 3.63) is 40.4 Å². The molecule has 0 fully saturated rings. The number of nitrogens with zero attached hydrogens (tertiary/aromatic N) is 2. The number of para-hydroxylation sites is 1. The molecule has 14 heavy (non-hydrogen) atoms.